The molecule has 12 heteroatoms. The summed E-state index contributed by atoms with van der Waals surface area (Å²) in [6, 6.07) is 3.10. The zero-order chi connectivity index (χ0) is 19.3. The van der Waals surface area contributed by atoms with Crippen LogP contribution in [0.2, 0.25) is 0 Å². The smallest absolute Gasteiger partial charge is 0.383 e. The molecule has 0 bridgehead atoms. The van der Waals surface area contributed by atoms with Gasteiger partial charge in [-0.3, -0.25) is 18.1 Å². The van der Waals surface area contributed by atoms with Gasteiger partial charge in [0.2, 0.25) is 0 Å². The van der Waals surface area contributed by atoms with Crippen molar-refractivity contribution in [3.05, 3.63) is 22.7 Å². The summed E-state index contributed by atoms with van der Waals surface area (Å²) < 4.78 is 34.8. The minimum absolute atomic E-state index is 0.0520. The Morgan fingerprint density at radius 1 is 1.62 bits per heavy atom. The van der Waals surface area contributed by atoms with Crippen molar-refractivity contribution in [1.82, 2.24) is 9.55 Å². The number of nitrogens with zero attached hydrogens (tertiary/aromatic N) is 3. The fourth-order valence-corrected chi connectivity index (χ4v) is 4.68. The minimum atomic E-state index is -3.97. The average molecular weight is 386 g/mol. The van der Waals surface area contributed by atoms with E-state index in [0.29, 0.717) is 0 Å². The third kappa shape index (κ3) is 2.75. The van der Waals surface area contributed by atoms with Crippen molar-refractivity contribution in [1.29, 1.82) is 5.26 Å². The monoisotopic (exact) mass is 386 g/mol. The first-order chi connectivity index (χ1) is 12.0. The number of ether oxygens (including phenoxy) is 1. The van der Waals surface area contributed by atoms with Crippen molar-refractivity contribution >= 4 is 13.6 Å². The second-order valence-electron chi connectivity index (χ2n) is 6.49. The molecule has 3 rings (SSSR count). The van der Waals surface area contributed by atoms with Gasteiger partial charge in [-0.1, -0.05) is 0 Å². The summed E-state index contributed by atoms with van der Waals surface area (Å²) in [5.41, 5.74) is 0.313. The zero-order valence-corrected chi connectivity index (χ0v) is 15.3. The molecule has 1 aromatic rings. The summed E-state index contributed by atoms with van der Waals surface area (Å²) in [5, 5.41) is 20.9. The summed E-state index contributed by atoms with van der Waals surface area (Å²) in [6.07, 6.45) is -1.49. The van der Waals surface area contributed by atoms with Gasteiger partial charge in [-0.25, -0.2) is 9.36 Å². The van der Waals surface area contributed by atoms with E-state index in [2.05, 4.69) is 4.98 Å². The number of phosphoric acid groups is 1. The molecule has 2 aliphatic rings. The lowest BCUT2D eigenvalue weighted by Crippen LogP contribution is -2.58. The molecule has 0 amide bonds. The minimum Gasteiger partial charge on any atom is -0.383 e. The number of nitriles is 1. The van der Waals surface area contributed by atoms with Gasteiger partial charge in [0.25, 0.3) is 5.72 Å². The van der Waals surface area contributed by atoms with Crippen LogP contribution < -0.4 is 11.4 Å². The van der Waals surface area contributed by atoms with E-state index >= 15 is 0 Å². The molecule has 11 nitrogen and oxygen atoms in total. The van der Waals surface area contributed by atoms with Crippen LogP contribution in [0.5, 0.6) is 0 Å². The SMILES string of the molecule is CC(C)OP1(=O)OC[C@H]2O[C@@](C#N)(n3ccc(N)nc3=O)[C@](C)(O)[C@@H]2O1. The van der Waals surface area contributed by atoms with Gasteiger partial charge in [0.1, 0.15) is 24.1 Å². The summed E-state index contributed by atoms with van der Waals surface area (Å²) in [4.78, 5) is 15.8. The van der Waals surface area contributed by atoms with Crippen LogP contribution in [0, 0.1) is 11.3 Å². The Morgan fingerprint density at radius 2 is 2.31 bits per heavy atom. The lowest BCUT2D eigenvalue weighted by atomic mass is 9.88. The number of rotatable bonds is 3. The fraction of sp³-hybridized carbons (Fsp3) is 0.643. The standard InChI is InChI=1S/C14H19N4O7P/c1-8(2)24-26(21)22-6-9-11(25-26)13(3,20)14(7-15,23-9)18-5-4-10(16)17-12(18)19/h4-5,8-9,11,20H,6H2,1-3H3,(H2,16,17,19)/t9-,11-,13-,14-,26?/m1/s1. The summed E-state index contributed by atoms with van der Waals surface area (Å²) in [6.45, 7) is 4.27. The molecular formula is C14H19N4O7P. The molecule has 0 saturated carbocycles. The van der Waals surface area contributed by atoms with E-state index in [-0.39, 0.29) is 12.4 Å². The average Bonchev–Trinajstić information content (AvgIpc) is 2.74. The van der Waals surface area contributed by atoms with Crippen LogP contribution in [-0.4, -0.2) is 45.2 Å². The number of phosphoric ester groups is 1. The first-order valence-corrected chi connectivity index (χ1v) is 9.29. The Bertz CT molecular complexity index is 864. The van der Waals surface area contributed by atoms with E-state index in [1.807, 2.05) is 6.07 Å². The quantitative estimate of drug-likeness (QED) is 0.682. The van der Waals surface area contributed by atoms with Crippen LogP contribution in [0.15, 0.2) is 17.1 Å². The largest absolute Gasteiger partial charge is 0.475 e. The normalized spacial score (nSPS) is 39.5. The Hall–Kier alpha value is -1.80. The van der Waals surface area contributed by atoms with Crippen molar-refractivity contribution in [3.63, 3.8) is 0 Å². The van der Waals surface area contributed by atoms with Gasteiger partial charge >= 0.3 is 13.5 Å². The Morgan fingerprint density at radius 3 is 2.88 bits per heavy atom. The number of nitrogens with two attached hydrogens (primary N) is 1. The molecule has 2 fully saturated rings. The van der Waals surface area contributed by atoms with Crippen molar-refractivity contribution in [2.75, 3.05) is 12.3 Å². The van der Waals surface area contributed by atoms with Crippen LogP contribution in [-0.2, 0) is 28.6 Å². The topological polar surface area (TPSA) is 159 Å². The Balaban J connectivity index is 2.05. The first kappa shape index (κ1) is 19.0. The predicted molar refractivity (Wildman–Crippen MR) is 86.6 cm³/mol. The molecule has 2 saturated heterocycles. The highest BCUT2D eigenvalue weighted by atomic mass is 31.2. The lowest BCUT2D eigenvalue weighted by molar-refractivity contribution is -0.147. The number of fused-ring (bicyclic) bond motifs is 1. The number of aliphatic hydroxyl groups is 1. The van der Waals surface area contributed by atoms with Crippen LogP contribution in [0.3, 0.4) is 0 Å². The maximum Gasteiger partial charge on any atom is 0.475 e. The molecule has 1 unspecified atom stereocenters. The fourth-order valence-electron chi connectivity index (χ4n) is 3.04. The Kier molecular flexibility index (Phi) is 4.47. The molecule has 3 N–H and O–H groups in total. The number of hydrogen-bond acceptors (Lipinski definition) is 10. The van der Waals surface area contributed by atoms with Gasteiger partial charge in [-0.05, 0) is 26.8 Å². The highest BCUT2D eigenvalue weighted by Gasteiger charge is 2.69. The zero-order valence-electron chi connectivity index (χ0n) is 14.4. The molecule has 1 aromatic heterocycles. The van der Waals surface area contributed by atoms with Crippen molar-refractivity contribution in [2.24, 2.45) is 0 Å². The van der Waals surface area contributed by atoms with Gasteiger partial charge in [-0.2, -0.15) is 10.2 Å². The van der Waals surface area contributed by atoms with E-state index in [1.165, 1.54) is 19.2 Å². The number of nitrogen functional groups attached to an aromatic ring is 1. The third-order valence-electron chi connectivity index (χ3n) is 4.20. The first-order valence-electron chi connectivity index (χ1n) is 7.83. The van der Waals surface area contributed by atoms with Gasteiger partial charge in [0.15, 0.2) is 5.60 Å². The molecule has 0 radical (unpaired) electrons. The Labute approximate surface area is 148 Å². The molecule has 5 atom stereocenters. The van der Waals surface area contributed by atoms with Gasteiger partial charge in [0, 0.05) is 6.20 Å². The third-order valence-corrected chi connectivity index (χ3v) is 5.83. The molecule has 0 aromatic carbocycles. The molecule has 0 spiro atoms. The summed E-state index contributed by atoms with van der Waals surface area (Å²) in [5.74, 6) is -0.0520. The number of hydrogen-bond donors (Lipinski definition) is 2. The van der Waals surface area contributed by atoms with Crippen LogP contribution in [0.1, 0.15) is 20.8 Å². The molecule has 3 heterocycles. The second-order valence-corrected chi connectivity index (χ2v) is 8.06. The predicted octanol–water partition coefficient (Wildman–Crippen LogP) is 0.100. The van der Waals surface area contributed by atoms with E-state index in [4.69, 9.17) is 24.0 Å². The summed E-state index contributed by atoms with van der Waals surface area (Å²) >= 11 is 0. The van der Waals surface area contributed by atoms with Gasteiger partial charge < -0.3 is 15.6 Å². The van der Waals surface area contributed by atoms with E-state index in [0.717, 1.165) is 4.57 Å². The van der Waals surface area contributed by atoms with Crippen LogP contribution in [0.4, 0.5) is 5.82 Å². The van der Waals surface area contributed by atoms with Crippen molar-refractivity contribution in [3.8, 4) is 6.07 Å². The summed E-state index contributed by atoms with van der Waals surface area (Å²) in [7, 11) is -3.97. The van der Waals surface area contributed by atoms with Crippen molar-refractivity contribution < 1.29 is 28.0 Å². The molecule has 26 heavy (non-hydrogen) atoms. The van der Waals surface area contributed by atoms with Crippen LogP contribution >= 0.6 is 7.82 Å². The van der Waals surface area contributed by atoms with Crippen molar-refractivity contribution in [2.45, 2.75) is 50.4 Å². The highest BCUT2D eigenvalue weighted by molar-refractivity contribution is 7.48. The van der Waals surface area contributed by atoms with Gasteiger partial charge in [-0.15, -0.1) is 0 Å². The lowest BCUT2D eigenvalue weighted by Gasteiger charge is -2.37. The molecule has 2 aliphatic heterocycles. The van der Waals surface area contributed by atoms with Gasteiger partial charge in [0.05, 0.1) is 12.7 Å². The highest BCUT2D eigenvalue weighted by Crippen LogP contribution is 2.60. The van der Waals surface area contributed by atoms with E-state index in [9.17, 15) is 19.7 Å². The molecular weight excluding hydrogens is 367 g/mol. The number of anilines is 1. The second kappa shape index (κ2) is 6.13. The van der Waals surface area contributed by atoms with E-state index in [1.54, 1.807) is 13.8 Å². The van der Waals surface area contributed by atoms with Crippen LogP contribution in [0.25, 0.3) is 0 Å². The van der Waals surface area contributed by atoms with E-state index < -0.39 is 43.2 Å². The molecule has 0 aliphatic carbocycles. The maximum absolute atomic E-state index is 12.6. The molecule has 142 valence electrons. The maximum atomic E-state index is 12.6. The number of aromatic nitrogens is 2.